The Morgan fingerprint density at radius 3 is 2.32 bits per heavy atom. The molecule has 19 heavy (non-hydrogen) atoms. The van der Waals surface area contributed by atoms with E-state index in [0.29, 0.717) is 5.41 Å². The SMILES string of the molecule is Nc1cc(I)ccc1N1CCC2(CCCCC2)CC1. The van der Waals surface area contributed by atoms with E-state index < -0.39 is 0 Å². The van der Waals surface area contributed by atoms with Crippen molar-refractivity contribution < 1.29 is 0 Å². The van der Waals surface area contributed by atoms with Gasteiger partial charge in [0.2, 0.25) is 0 Å². The van der Waals surface area contributed by atoms with E-state index in [0.717, 1.165) is 5.69 Å². The van der Waals surface area contributed by atoms with Crippen LogP contribution in [0.3, 0.4) is 0 Å². The van der Waals surface area contributed by atoms with Crippen molar-refractivity contribution in [3.05, 3.63) is 21.8 Å². The summed E-state index contributed by atoms with van der Waals surface area (Å²) in [4.78, 5) is 2.49. The fourth-order valence-electron chi connectivity index (χ4n) is 3.84. The van der Waals surface area contributed by atoms with Crippen molar-refractivity contribution in [1.82, 2.24) is 0 Å². The maximum Gasteiger partial charge on any atom is 0.0600 e. The lowest BCUT2D eigenvalue weighted by Gasteiger charge is -2.45. The third-order valence-corrected chi connectivity index (χ3v) is 5.74. The lowest BCUT2D eigenvalue weighted by atomic mass is 9.68. The molecule has 2 N–H and O–H groups in total. The van der Waals surface area contributed by atoms with E-state index in [1.54, 1.807) is 0 Å². The molecule has 1 heterocycles. The molecule has 1 aromatic carbocycles. The van der Waals surface area contributed by atoms with Gasteiger partial charge in [-0.1, -0.05) is 19.3 Å². The quantitative estimate of drug-likeness (QED) is 0.586. The third-order valence-electron chi connectivity index (χ3n) is 5.07. The van der Waals surface area contributed by atoms with E-state index in [4.69, 9.17) is 5.73 Å². The average molecular weight is 370 g/mol. The predicted octanol–water partition coefficient (Wildman–Crippen LogP) is 4.42. The third kappa shape index (κ3) is 2.86. The van der Waals surface area contributed by atoms with Gasteiger partial charge in [0.05, 0.1) is 11.4 Å². The van der Waals surface area contributed by atoms with Crippen molar-refractivity contribution in [2.75, 3.05) is 23.7 Å². The Hall–Kier alpha value is -0.450. The molecule has 1 aromatic rings. The highest BCUT2D eigenvalue weighted by Crippen LogP contribution is 2.45. The molecule has 3 rings (SSSR count). The zero-order valence-electron chi connectivity index (χ0n) is 11.5. The first-order valence-electron chi connectivity index (χ1n) is 7.49. The Morgan fingerprint density at radius 1 is 1.00 bits per heavy atom. The van der Waals surface area contributed by atoms with Gasteiger partial charge in [0.15, 0.2) is 0 Å². The molecular formula is C16H23IN2. The minimum absolute atomic E-state index is 0.673. The number of halogens is 1. The van der Waals surface area contributed by atoms with Gasteiger partial charge in [-0.05, 0) is 71.9 Å². The topological polar surface area (TPSA) is 29.3 Å². The first kappa shape index (κ1) is 13.5. The van der Waals surface area contributed by atoms with Gasteiger partial charge in [0, 0.05) is 16.7 Å². The van der Waals surface area contributed by atoms with Gasteiger partial charge >= 0.3 is 0 Å². The highest BCUT2D eigenvalue weighted by atomic mass is 127. The Morgan fingerprint density at radius 2 is 1.68 bits per heavy atom. The minimum Gasteiger partial charge on any atom is -0.397 e. The molecule has 0 radical (unpaired) electrons. The highest BCUT2D eigenvalue weighted by Gasteiger charge is 2.35. The second-order valence-electron chi connectivity index (χ2n) is 6.25. The van der Waals surface area contributed by atoms with Crippen molar-refractivity contribution in [1.29, 1.82) is 0 Å². The van der Waals surface area contributed by atoms with Gasteiger partial charge in [-0.25, -0.2) is 0 Å². The lowest BCUT2D eigenvalue weighted by Crippen LogP contribution is -2.41. The largest absolute Gasteiger partial charge is 0.397 e. The number of nitrogen functional groups attached to an aromatic ring is 1. The van der Waals surface area contributed by atoms with Crippen LogP contribution in [0, 0.1) is 8.99 Å². The molecule has 0 bridgehead atoms. The Bertz CT molecular complexity index is 442. The van der Waals surface area contributed by atoms with Crippen molar-refractivity contribution in [3.8, 4) is 0 Å². The molecule has 2 aliphatic rings. The molecule has 104 valence electrons. The van der Waals surface area contributed by atoms with Crippen LogP contribution in [0.5, 0.6) is 0 Å². The van der Waals surface area contributed by atoms with Crippen LogP contribution in [-0.2, 0) is 0 Å². The van der Waals surface area contributed by atoms with Gasteiger partial charge in [0.25, 0.3) is 0 Å². The summed E-state index contributed by atoms with van der Waals surface area (Å²) in [6.45, 7) is 2.37. The maximum atomic E-state index is 6.18. The van der Waals surface area contributed by atoms with Crippen LogP contribution in [0.1, 0.15) is 44.9 Å². The molecule has 1 aliphatic heterocycles. The zero-order chi connectivity index (χ0) is 13.3. The number of nitrogens with two attached hydrogens (primary N) is 1. The first-order valence-corrected chi connectivity index (χ1v) is 8.56. The van der Waals surface area contributed by atoms with Crippen molar-refractivity contribution in [2.24, 2.45) is 5.41 Å². The number of piperidine rings is 1. The molecule has 1 aliphatic carbocycles. The molecular weight excluding hydrogens is 347 g/mol. The summed E-state index contributed by atoms with van der Waals surface area (Å²) in [5.41, 5.74) is 9.03. The monoisotopic (exact) mass is 370 g/mol. The number of hydrogen-bond donors (Lipinski definition) is 1. The number of anilines is 2. The Kier molecular flexibility index (Phi) is 3.92. The van der Waals surface area contributed by atoms with E-state index in [9.17, 15) is 0 Å². The average Bonchev–Trinajstić information content (AvgIpc) is 2.41. The summed E-state index contributed by atoms with van der Waals surface area (Å²) in [5.74, 6) is 0. The number of benzene rings is 1. The van der Waals surface area contributed by atoms with E-state index in [1.807, 2.05) is 0 Å². The fraction of sp³-hybridized carbons (Fsp3) is 0.625. The van der Waals surface area contributed by atoms with Crippen LogP contribution in [0.15, 0.2) is 18.2 Å². The van der Waals surface area contributed by atoms with E-state index in [-0.39, 0.29) is 0 Å². The minimum atomic E-state index is 0.673. The standard InChI is InChI=1S/C16H23IN2/c17-13-4-5-15(14(18)12-13)19-10-8-16(9-11-19)6-2-1-3-7-16/h4-5,12H,1-3,6-11,18H2. The van der Waals surface area contributed by atoms with Crippen molar-refractivity contribution >= 4 is 34.0 Å². The zero-order valence-corrected chi connectivity index (χ0v) is 13.7. The van der Waals surface area contributed by atoms with Crippen LogP contribution in [0.2, 0.25) is 0 Å². The summed E-state index contributed by atoms with van der Waals surface area (Å²) in [5, 5.41) is 0. The maximum absolute atomic E-state index is 6.18. The van der Waals surface area contributed by atoms with E-state index in [1.165, 1.54) is 67.3 Å². The van der Waals surface area contributed by atoms with Crippen LogP contribution in [-0.4, -0.2) is 13.1 Å². The summed E-state index contributed by atoms with van der Waals surface area (Å²) >= 11 is 2.32. The molecule has 2 fully saturated rings. The second-order valence-corrected chi connectivity index (χ2v) is 7.50. The van der Waals surface area contributed by atoms with Crippen LogP contribution >= 0.6 is 22.6 Å². The predicted molar refractivity (Wildman–Crippen MR) is 90.5 cm³/mol. The fourth-order valence-corrected chi connectivity index (χ4v) is 4.35. The smallest absolute Gasteiger partial charge is 0.0600 e. The van der Waals surface area contributed by atoms with Gasteiger partial charge in [0.1, 0.15) is 0 Å². The molecule has 0 unspecified atom stereocenters. The molecule has 1 spiro atoms. The molecule has 3 heteroatoms. The summed E-state index contributed by atoms with van der Waals surface area (Å²) in [7, 11) is 0. The Labute approximate surface area is 129 Å². The molecule has 1 saturated heterocycles. The number of nitrogens with zero attached hydrogens (tertiary/aromatic N) is 1. The summed E-state index contributed by atoms with van der Waals surface area (Å²) < 4.78 is 1.22. The highest BCUT2D eigenvalue weighted by molar-refractivity contribution is 14.1. The number of rotatable bonds is 1. The molecule has 2 nitrogen and oxygen atoms in total. The molecule has 1 saturated carbocycles. The van der Waals surface area contributed by atoms with Gasteiger partial charge in [-0.3, -0.25) is 0 Å². The van der Waals surface area contributed by atoms with Gasteiger partial charge in [-0.2, -0.15) is 0 Å². The molecule has 0 atom stereocenters. The van der Waals surface area contributed by atoms with E-state index >= 15 is 0 Å². The van der Waals surface area contributed by atoms with Crippen LogP contribution < -0.4 is 10.6 Å². The summed E-state index contributed by atoms with van der Waals surface area (Å²) in [6.07, 6.45) is 10.00. The summed E-state index contributed by atoms with van der Waals surface area (Å²) in [6, 6.07) is 6.44. The molecule has 0 amide bonds. The van der Waals surface area contributed by atoms with Crippen molar-refractivity contribution in [3.63, 3.8) is 0 Å². The van der Waals surface area contributed by atoms with Crippen LogP contribution in [0.25, 0.3) is 0 Å². The van der Waals surface area contributed by atoms with E-state index in [2.05, 4.69) is 45.7 Å². The van der Waals surface area contributed by atoms with Crippen LogP contribution in [0.4, 0.5) is 11.4 Å². The Balaban J connectivity index is 1.69. The van der Waals surface area contributed by atoms with Gasteiger partial charge < -0.3 is 10.6 Å². The normalized spacial score (nSPS) is 22.7. The van der Waals surface area contributed by atoms with Crippen molar-refractivity contribution in [2.45, 2.75) is 44.9 Å². The lowest BCUT2D eigenvalue weighted by molar-refractivity contribution is 0.144. The van der Waals surface area contributed by atoms with Gasteiger partial charge in [-0.15, -0.1) is 0 Å². The first-order chi connectivity index (χ1) is 9.19. The molecule has 0 aromatic heterocycles. The second kappa shape index (κ2) is 5.51. The number of hydrogen-bond acceptors (Lipinski definition) is 2.